The quantitative estimate of drug-likeness (QED) is 0.175. The van der Waals surface area contributed by atoms with Gasteiger partial charge in [-0.25, -0.2) is 4.79 Å². The van der Waals surface area contributed by atoms with Gasteiger partial charge in [0.05, 0.1) is 11.0 Å². The fourth-order valence-electron chi connectivity index (χ4n) is 32.5. The molecule has 0 amide bonds. The first-order chi connectivity index (χ1) is 43.5. The van der Waals surface area contributed by atoms with E-state index in [9.17, 15) is 5.11 Å². The molecule has 8 nitrogen and oxygen atoms in total. The molecule has 8 spiro atoms. The van der Waals surface area contributed by atoms with Crippen molar-refractivity contribution in [3.05, 3.63) is 81.0 Å². The van der Waals surface area contributed by atoms with Crippen LogP contribution in [-0.4, -0.2) is 64.6 Å². The van der Waals surface area contributed by atoms with Gasteiger partial charge in [0.1, 0.15) is 11.2 Å². The number of carbonyl (C=O) groups is 2. The highest BCUT2D eigenvalue weighted by molar-refractivity contribution is 6.00. The Kier molecular flexibility index (Phi) is 11.3. The van der Waals surface area contributed by atoms with E-state index in [1.807, 2.05) is 0 Å². The van der Waals surface area contributed by atoms with Crippen LogP contribution in [-0.2, 0) is 26.3 Å². The Balaban J connectivity index is 0.808. The summed E-state index contributed by atoms with van der Waals surface area (Å²) in [7, 11) is 0. The van der Waals surface area contributed by atoms with Gasteiger partial charge in [0.15, 0.2) is 11.4 Å². The van der Waals surface area contributed by atoms with Crippen LogP contribution in [0.15, 0.2) is 64.3 Å². The van der Waals surface area contributed by atoms with Crippen molar-refractivity contribution in [2.75, 3.05) is 19.6 Å². The van der Waals surface area contributed by atoms with Crippen molar-refractivity contribution in [3.63, 3.8) is 0 Å². The summed E-state index contributed by atoms with van der Waals surface area (Å²) in [5, 5.41) is 14.6. The molecule has 21 rings (SSSR count). The zero-order valence-electron chi connectivity index (χ0n) is 54.0. The number of piperidine rings is 2. The van der Waals surface area contributed by atoms with Gasteiger partial charge < -0.3 is 25.2 Å². The lowest BCUT2D eigenvalue weighted by molar-refractivity contribution is -0.283. The Morgan fingerprint density at radius 1 is 0.730 bits per heavy atom. The molecule has 0 unspecified atom stereocenters. The van der Waals surface area contributed by atoms with Crippen LogP contribution in [0.5, 0.6) is 0 Å². The van der Waals surface area contributed by atoms with E-state index in [2.05, 4.69) is 58.9 Å². The van der Waals surface area contributed by atoms with Gasteiger partial charge in [0.25, 0.3) is 0 Å². The van der Waals surface area contributed by atoms with Crippen LogP contribution < -0.4 is 5.73 Å². The maximum atomic E-state index is 17.3. The molecule has 13 aliphatic carbocycles. The van der Waals surface area contributed by atoms with Crippen molar-refractivity contribution in [1.82, 2.24) is 9.80 Å². The summed E-state index contributed by atoms with van der Waals surface area (Å²) >= 11 is 0. The Hall–Kier alpha value is -3.80. The first-order valence-corrected chi connectivity index (χ1v) is 38.3. The molecule has 23 atom stereocenters. The standard InChI is InChI=1S/C81H103N3O5/c1-47-37-51-21-25-63-53-38-54-46-84(63)70(51)68-59-26-35-79-71(65(85)41-64-55-42-74(27-2-3-28-74)78(44-55)34-10-32-76(78)30-7-14-56(76)13-5-17-62(54)83(64)45-53)88-73(87)80(79)66(81(79)61-16-4-11-48(12-8-36-82)67(61)72(86)89-81)40-49(18-19-50(69(59)80)39-60(47)68)52-20-22-58-24-23-57-15-6-29-75(57)31-9-33-77(58,75)43-52/h4,11,16,18-19,47,49-50,52-58,60,62-64,66,68,85H,2-3,6-10,12,14-15,17,20-46,82H2,1H3/b19-18-,71-65-/t47-,49-,50+,52+,53-,54-,55-,56-,57+,58-,60+,62+,63-,64-,66+,68+,75-,76-,77-,78-,79-,80-,81-/m1/s1. The first kappa shape index (κ1) is 54.6. The lowest BCUT2D eigenvalue weighted by atomic mass is 9.27. The van der Waals surface area contributed by atoms with Gasteiger partial charge in [-0.3, -0.25) is 9.69 Å². The van der Waals surface area contributed by atoms with Crippen LogP contribution in [0.2, 0.25) is 0 Å². The van der Waals surface area contributed by atoms with Gasteiger partial charge in [-0.05, 0) is 277 Å². The normalized spacial score (nSPS) is 52.8. The summed E-state index contributed by atoms with van der Waals surface area (Å²) in [4.78, 5) is 39.4. The minimum absolute atomic E-state index is 0.0840. The molecule has 7 aliphatic heterocycles. The summed E-state index contributed by atoms with van der Waals surface area (Å²) < 4.78 is 15.4. The second-order valence-corrected chi connectivity index (χ2v) is 36.0. The molecule has 89 heavy (non-hydrogen) atoms. The number of hydrogen-bond acceptors (Lipinski definition) is 8. The van der Waals surface area contributed by atoms with Crippen LogP contribution in [0.25, 0.3) is 0 Å². The summed E-state index contributed by atoms with van der Waals surface area (Å²) in [6.07, 6.45) is 48.0. The number of nitrogens with two attached hydrogens (primary N) is 1. The largest absolute Gasteiger partial charge is 0.509 e. The van der Waals surface area contributed by atoms with E-state index in [1.165, 1.54) is 179 Å². The molecule has 8 heteroatoms. The topological polar surface area (TPSA) is 105 Å². The number of carbonyl (C=O) groups excluding carboxylic acids is 2. The number of fused-ring (bicyclic) bond motifs is 8. The molecule has 0 aromatic heterocycles. The lowest BCUT2D eigenvalue weighted by Gasteiger charge is -2.73. The SMILES string of the molecule is C[C@@H]1CC2=C3[C@H]4C5=C6[C@@H](/C=C\[C@@H]([C@H]7CC[C@@H]8CC[C@@H]9CCC[C@@]9%10CCC[C@@]8%10C7)C[C@H]7[C@]68C(=O)O/C(=C(\O)C[C@@H]6[C@@H]9CC%10(CCCC%10)[C@@]%10(CCC[C@@]%10%11CCC[C@H]%11C#CC[C@H]%10[C@@H]%11C[C@H](CN6%10)[C@@H](CC2)N3C%11)C9)[C@@]8(CC5)[C@]72OC(=O)c3c(CCCN)cccc32)C[C@H]41. The van der Waals surface area contributed by atoms with Crippen LogP contribution >= 0.6 is 0 Å². The highest BCUT2D eigenvalue weighted by Gasteiger charge is 2.94. The molecule has 12 fully saturated rings. The fourth-order valence-corrected chi connectivity index (χ4v) is 32.5. The number of ether oxygens (including phenoxy) is 2. The predicted molar refractivity (Wildman–Crippen MR) is 343 cm³/mol. The molecular weight excluding hydrogens is 1090 g/mol. The van der Waals surface area contributed by atoms with Crippen molar-refractivity contribution in [3.8, 4) is 11.8 Å². The van der Waals surface area contributed by atoms with Crippen LogP contribution in [0.4, 0.5) is 0 Å². The molecule has 10 bridgehead atoms. The van der Waals surface area contributed by atoms with Crippen LogP contribution in [0.1, 0.15) is 247 Å². The number of allylic oxidation sites excluding steroid dienone is 4. The van der Waals surface area contributed by atoms with Gasteiger partial charge in [-0.15, -0.1) is 5.92 Å². The Bertz CT molecular complexity index is 3490. The number of hydrogen-bond donors (Lipinski definition) is 2. The smallest absolute Gasteiger partial charge is 0.339 e. The molecule has 1 aromatic rings. The maximum absolute atomic E-state index is 17.3. The van der Waals surface area contributed by atoms with Gasteiger partial charge >= 0.3 is 11.9 Å². The van der Waals surface area contributed by atoms with E-state index < -0.39 is 16.4 Å². The van der Waals surface area contributed by atoms with Crippen molar-refractivity contribution in [2.24, 2.45) is 121 Å². The van der Waals surface area contributed by atoms with Gasteiger partial charge in [-0.2, -0.15) is 0 Å². The highest BCUT2D eigenvalue weighted by Crippen LogP contribution is 2.89. The van der Waals surface area contributed by atoms with Crippen LogP contribution in [0, 0.1) is 127 Å². The molecule has 20 aliphatic rings. The summed E-state index contributed by atoms with van der Waals surface area (Å²) in [6, 6.07) is 7.56. The maximum Gasteiger partial charge on any atom is 0.339 e. The van der Waals surface area contributed by atoms with Crippen molar-refractivity contribution in [1.29, 1.82) is 0 Å². The van der Waals surface area contributed by atoms with E-state index in [0.29, 0.717) is 112 Å². The number of rotatable bonds is 4. The second-order valence-electron chi connectivity index (χ2n) is 36.0. The third kappa shape index (κ3) is 6.15. The minimum Gasteiger partial charge on any atom is -0.509 e. The molecule has 1 aromatic carbocycles. The third-order valence-corrected chi connectivity index (χ3v) is 34.6. The second kappa shape index (κ2) is 18.4. The summed E-state index contributed by atoms with van der Waals surface area (Å²) in [5.74, 6) is 14.5. The molecule has 472 valence electrons. The van der Waals surface area contributed by atoms with Crippen molar-refractivity contribution in [2.45, 2.75) is 255 Å². The van der Waals surface area contributed by atoms with Crippen molar-refractivity contribution >= 4 is 11.9 Å². The Morgan fingerprint density at radius 2 is 1.54 bits per heavy atom. The molecule has 7 heterocycles. The van der Waals surface area contributed by atoms with Gasteiger partial charge in [0.2, 0.25) is 0 Å². The molecule has 9 saturated carbocycles. The van der Waals surface area contributed by atoms with E-state index in [1.54, 1.807) is 16.8 Å². The first-order valence-electron chi connectivity index (χ1n) is 38.3. The number of nitrogens with zero attached hydrogens (tertiary/aromatic N) is 2. The summed E-state index contributed by atoms with van der Waals surface area (Å²) in [6.45, 7) is 5.36. The lowest BCUT2D eigenvalue weighted by Crippen LogP contribution is -2.78. The molecular formula is C81H103N3O5. The number of aryl methyl sites for hydroxylation is 1. The highest BCUT2D eigenvalue weighted by atomic mass is 16.6. The minimum atomic E-state index is -1.18. The third-order valence-electron chi connectivity index (χ3n) is 34.6. The van der Waals surface area contributed by atoms with Crippen LogP contribution in [0.3, 0.4) is 0 Å². The van der Waals surface area contributed by atoms with Crippen molar-refractivity contribution < 1.29 is 24.2 Å². The average Bonchev–Trinajstić information content (AvgIpc) is 1.52. The predicted octanol–water partition coefficient (Wildman–Crippen LogP) is 16.1. The monoisotopic (exact) mass is 1200 g/mol. The molecule has 3 saturated heterocycles. The van der Waals surface area contributed by atoms with Gasteiger partial charge in [0, 0.05) is 73.1 Å². The van der Waals surface area contributed by atoms with E-state index in [0.717, 1.165) is 73.7 Å². The van der Waals surface area contributed by atoms with Gasteiger partial charge in [-0.1, -0.05) is 92.9 Å². The average molecular weight is 1200 g/mol. The summed E-state index contributed by atoms with van der Waals surface area (Å²) in [5.41, 5.74) is 13.9. The number of esters is 2. The number of aliphatic hydroxyl groups excluding tert-OH is 1. The zero-order chi connectivity index (χ0) is 59.0. The van der Waals surface area contributed by atoms with E-state index in [4.69, 9.17) is 15.2 Å². The van der Waals surface area contributed by atoms with E-state index >= 15 is 9.59 Å². The molecule has 3 N–H and O–H groups in total. The number of aliphatic hydroxyl groups is 1. The number of benzene rings is 1. The zero-order valence-corrected chi connectivity index (χ0v) is 54.0. The van der Waals surface area contributed by atoms with E-state index in [-0.39, 0.29) is 47.1 Å². The fraction of sp³-hybridized carbons (Fsp3) is 0.778. The Labute approximate surface area is 531 Å². The molecule has 0 radical (unpaired) electrons. The Morgan fingerprint density at radius 3 is 2.44 bits per heavy atom.